The third-order valence-electron chi connectivity index (χ3n) is 4.03. The van der Waals surface area contributed by atoms with Crippen LogP contribution in [-0.2, 0) is 24.4 Å². The third kappa shape index (κ3) is 3.97. The molecular formula is C13H22O5S2. The van der Waals surface area contributed by atoms with Crippen LogP contribution < -0.4 is 0 Å². The number of sulfone groups is 2. The lowest BCUT2D eigenvalue weighted by molar-refractivity contribution is 0.156. The van der Waals surface area contributed by atoms with E-state index < -0.39 is 31.0 Å². The summed E-state index contributed by atoms with van der Waals surface area (Å²) in [6.45, 7) is 1.64. The number of allylic oxidation sites excluding steroid dienone is 1. The molecule has 7 heteroatoms. The molecule has 20 heavy (non-hydrogen) atoms. The van der Waals surface area contributed by atoms with Gasteiger partial charge in [-0.25, -0.2) is 16.8 Å². The maximum absolute atomic E-state index is 12.0. The van der Waals surface area contributed by atoms with Crippen molar-refractivity contribution in [2.45, 2.75) is 50.4 Å². The molecule has 2 rings (SSSR count). The van der Waals surface area contributed by atoms with Crippen LogP contribution in [0.15, 0.2) is 11.8 Å². The second kappa shape index (κ2) is 6.05. The first kappa shape index (κ1) is 15.8. The van der Waals surface area contributed by atoms with Gasteiger partial charge in [0.05, 0.1) is 23.5 Å². The van der Waals surface area contributed by atoms with Crippen molar-refractivity contribution < 1.29 is 21.6 Å². The standard InChI is InChI=1S/C13H22O5S2/c1-11(18-9-12-5-3-2-4-6-12)13-10-19(14,15)7-8-20(13,16)17/h9,11,13H,2-8,10H2,1H3. The average molecular weight is 322 g/mol. The summed E-state index contributed by atoms with van der Waals surface area (Å²) in [7, 11) is -6.65. The van der Waals surface area contributed by atoms with Gasteiger partial charge in [0.2, 0.25) is 0 Å². The molecule has 1 heterocycles. The Morgan fingerprint density at radius 1 is 1.10 bits per heavy atom. The van der Waals surface area contributed by atoms with E-state index in [-0.39, 0.29) is 17.3 Å². The topological polar surface area (TPSA) is 77.5 Å². The highest BCUT2D eigenvalue weighted by atomic mass is 32.2. The first-order valence-electron chi connectivity index (χ1n) is 7.05. The smallest absolute Gasteiger partial charge is 0.158 e. The fourth-order valence-corrected chi connectivity index (χ4v) is 7.96. The van der Waals surface area contributed by atoms with Crippen LogP contribution in [0.3, 0.4) is 0 Å². The van der Waals surface area contributed by atoms with Crippen LogP contribution in [0.1, 0.15) is 39.0 Å². The van der Waals surface area contributed by atoms with Crippen LogP contribution in [0.5, 0.6) is 0 Å². The SMILES string of the molecule is CC(OC=C1CCCCC1)C1CS(=O)(=O)CCS1(=O)=O. The van der Waals surface area contributed by atoms with Gasteiger partial charge in [0.25, 0.3) is 0 Å². The molecule has 0 spiro atoms. The van der Waals surface area contributed by atoms with Gasteiger partial charge in [0, 0.05) is 0 Å². The molecule has 1 saturated carbocycles. The van der Waals surface area contributed by atoms with Gasteiger partial charge >= 0.3 is 0 Å². The molecule has 0 aromatic rings. The highest BCUT2D eigenvalue weighted by Crippen LogP contribution is 2.24. The summed E-state index contributed by atoms with van der Waals surface area (Å²) >= 11 is 0. The lowest BCUT2D eigenvalue weighted by Gasteiger charge is -2.27. The summed E-state index contributed by atoms with van der Waals surface area (Å²) < 4.78 is 52.8. The highest BCUT2D eigenvalue weighted by Gasteiger charge is 2.40. The van der Waals surface area contributed by atoms with Gasteiger partial charge in [-0.3, -0.25) is 0 Å². The largest absolute Gasteiger partial charge is 0.497 e. The Bertz CT molecular complexity index is 566. The molecule has 2 atom stereocenters. The molecule has 1 saturated heterocycles. The van der Waals surface area contributed by atoms with Gasteiger partial charge in [-0.2, -0.15) is 0 Å². The molecule has 0 aromatic heterocycles. The monoisotopic (exact) mass is 322 g/mol. The molecule has 2 fully saturated rings. The molecule has 0 aromatic carbocycles. The normalized spacial score (nSPS) is 30.4. The Morgan fingerprint density at radius 3 is 2.40 bits per heavy atom. The first-order valence-corrected chi connectivity index (χ1v) is 10.6. The van der Waals surface area contributed by atoms with E-state index in [0.717, 1.165) is 25.7 Å². The molecule has 2 aliphatic rings. The summed E-state index contributed by atoms with van der Waals surface area (Å²) in [6.07, 6.45) is 6.51. The molecular weight excluding hydrogens is 300 g/mol. The maximum Gasteiger partial charge on any atom is 0.158 e. The van der Waals surface area contributed by atoms with Gasteiger partial charge in [0.15, 0.2) is 19.7 Å². The minimum atomic E-state index is -3.38. The van der Waals surface area contributed by atoms with E-state index in [4.69, 9.17) is 4.74 Å². The summed E-state index contributed by atoms with van der Waals surface area (Å²) in [4.78, 5) is 0. The van der Waals surface area contributed by atoms with Crippen molar-refractivity contribution in [3.05, 3.63) is 11.8 Å². The third-order valence-corrected chi connectivity index (χ3v) is 8.44. The van der Waals surface area contributed by atoms with Gasteiger partial charge in [-0.05, 0) is 38.2 Å². The van der Waals surface area contributed by atoms with Gasteiger partial charge in [-0.15, -0.1) is 0 Å². The number of hydrogen-bond acceptors (Lipinski definition) is 5. The fourth-order valence-electron chi connectivity index (χ4n) is 2.67. The predicted molar refractivity (Wildman–Crippen MR) is 77.9 cm³/mol. The zero-order valence-electron chi connectivity index (χ0n) is 11.7. The number of rotatable bonds is 3. The van der Waals surface area contributed by atoms with Crippen molar-refractivity contribution in [1.29, 1.82) is 0 Å². The van der Waals surface area contributed by atoms with Crippen molar-refractivity contribution in [3.63, 3.8) is 0 Å². The minimum Gasteiger partial charge on any atom is -0.497 e. The van der Waals surface area contributed by atoms with Crippen LogP contribution in [0.25, 0.3) is 0 Å². The molecule has 1 aliphatic carbocycles. The molecule has 0 radical (unpaired) electrons. The molecule has 0 bridgehead atoms. The van der Waals surface area contributed by atoms with Crippen LogP contribution >= 0.6 is 0 Å². The van der Waals surface area contributed by atoms with Gasteiger partial charge < -0.3 is 4.74 Å². The second-order valence-corrected chi connectivity index (χ2v) is 10.3. The Labute approximate surface area is 121 Å². The molecule has 0 N–H and O–H groups in total. The molecule has 2 unspecified atom stereocenters. The molecule has 116 valence electrons. The average Bonchev–Trinajstić information content (AvgIpc) is 2.40. The van der Waals surface area contributed by atoms with Crippen LogP contribution in [0.2, 0.25) is 0 Å². The van der Waals surface area contributed by atoms with Crippen LogP contribution in [0, 0.1) is 0 Å². The molecule has 0 amide bonds. The lowest BCUT2D eigenvalue weighted by atomic mass is 9.96. The van der Waals surface area contributed by atoms with Gasteiger partial charge in [-0.1, -0.05) is 6.42 Å². The predicted octanol–water partition coefficient (Wildman–Crippen LogP) is 1.45. The minimum absolute atomic E-state index is 0.264. The molecule has 5 nitrogen and oxygen atoms in total. The van der Waals surface area contributed by atoms with E-state index in [1.54, 1.807) is 13.2 Å². The Hall–Kier alpha value is -0.560. The van der Waals surface area contributed by atoms with Crippen molar-refractivity contribution in [1.82, 2.24) is 0 Å². The molecule has 1 aliphatic heterocycles. The quantitative estimate of drug-likeness (QED) is 0.735. The zero-order chi connectivity index (χ0) is 14.8. The van der Waals surface area contributed by atoms with Gasteiger partial charge in [0.1, 0.15) is 11.4 Å². The van der Waals surface area contributed by atoms with Crippen molar-refractivity contribution in [2.24, 2.45) is 0 Å². The summed E-state index contributed by atoms with van der Waals surface area (Å²) in [5, 5.41) is -0.943. The number of ether oxygens (including phenoxy) is 1. The Morgan fingerprint density at radius 2 is 1.75 bits per heavy atom. The van der Waals surface area contributed by atoms with Crippen molar-refractivity contribution >= 4 is 19.7 Å². The summed E-state index contributed by atoms with van der Waals surface area (Å²) in [5.41, 5.74) is 1.19. The van der Waals surface area contributed by atoms with E-state index in [2.05, 4.69) is 0 Å². The highest BCUT2D eigenvalue weighted by molar-refractivity contribution is 7.98. The summed E-state index contributed by atoms with van der Waals surface area (Å²) in [5.74, 6) is -0.871. The van der Waals surface area contributed by atoms with E-state index in [1.165, 1.54) is 12.0 Å². The van der Waals surface area contributed by atoms with E-state index in [0.29, 0.717) is 0 Å². The fraction of sp³-hybridized carbons (Fsp3) is 0.846. The number of hydrogen-bond donors (Lipinski definition) is 0. The Kier molecular flexibility index (Phi) is 4.79. The zero-order valence-corrected chi connectivity index (χ0v) is 13.4. The van der Waals surface area contributed by atoms with E-state index in [9.17, 15) is 16.8 Å². The first-order chi connectivity index (χ1) is 9.30. The lowest BCUT2D eigenvalue weighted by Crippen LogP contribution is -2.46. The summed E-state index contributed by atoms with van der Waals surface area (Å²) in [6, 6.07) is 0. The Balaban J connectivity index is 2.04. The maximum atomic E-state index is 12.0. The van der Waals surface area contributed by atoms with Crippen molar-refractivity contribution in [3.8, 4) is 0 Å². The van der Waals surface area contributed by atoms with Crippen molar-refractivity contribution in [2.75, 3.05) is 17.3 Å². The van der Waals surface area contributed by atoms with E-state index >= 15 is 0 Å². The van der Waals surface area contributed by atoms with Crippen LogP contribution in [0.4, 0.5) is 0 Å². The van der Waals surface area contributed by atoms with Crippen LogP contribution in [-0.4, -0.2) is 45.4 Å². The second-order valence-electron chi connectivity index (χ2n) is 5.70. The van der Waals surface area contributed by atoms with E-state index in [1.807, 2.05) is 0 Å².